The summed E-state index contributed by atoms with van der Waals surface area (Å²) in [4.78, 5) is 0.188. The Balaban J connectivity index is 3.40. The Bertz CT molecular complexity index is 493. The zero-order chi connectivity index (χ0) is 12.6. The zero-order valence-electron chi connectivity index (χ0n) is 10.0. The van der Waals surface area contributed by atoms with Crippen molar-refractivity contribution in [2.75, 3.05) is 19.0 Å². The van der Waals surface area contributed by atoms with E-state index in [2.05, 4.69) is 5.32 Å². The molecule has 0 fully saturated rings. The molecule has 0 heterocycles. The zero-order valence-corrected chi connectivity index (χ0v) is 10.9. The van der Waals surface area contributed by atoms with Gasteiger partial charge in [0.25, 0.3) is 0 Å². The molecule has 0 bridgehead atoms. The van der Waals surface area contributed by atoms with Crippen LogP contribution in [0.5, 0.6) is 0 Å². The third kappa shape index (κ3) is 2.54. The molecule has 1 aromatic carbocycles. The molecule has 5 heteroatoms. The second-order valence-corrected chi connectivity index (χ2v) is 6.38. The molecule has 16 heavy (non-hydrogen) atoms. The number of hydrogen-bond donors (Lipinski definition) is 2. The molecule has 90 valence electrons. The van der Waals surface area contributed by atoms with Crippen LogP contribution in [0.2, 0.25) is 0 Å². The van der Waals surface area contributed by atoms with Crippen LogP contribution in [0.25, 0.3) is 0 Å². The van der Waals surface area contributed by atoms with Gasteiger partial charge in [-0.15, -0.1) is 0 Å². The first-order valence-corrected chi connectivity index (χ1v) is 6.86. The number of benzene rings is 1. The van der Waals surface area contributed by atoms with Crippen LogP contribution in [0.3, 0.4) is 0 Å². The number of rotatable bonds is 3. The summed E-state index contributed by atoms with van der Waals surface area (Å²) in [6.07, 6.45) is 1.16. The predicted molar refractivity (Wildman–Crippen MR) is 66.0 cm³/mol. The van der Waals surface area contributed by atoms with Crippen molar-refractivity contribution in [1.29, 1.82) is 0 Å². The highest BCUT2D eigenvalue weighted by Gasteiger charge is 2.21. The Morgan fingerprint density at radius 3 is 2.31 bits per heavy atom. The van der Waals surface area contributed by atoms with Crippen LogP contribution in [-0.2, 0) is 15.4 Å². The van der Waals surface area contributed by atoms with Crippen molar-refractivity contribution in [3.8, 4) is 0 Å². The number of anilines is 1. The van der Waals surface area contributed by atoms with Gasteiger partial charge in [-0.1, -0.05) is 6.07 Å². The third-order valence-corrected chi connectivity index (χ3v) is 3.91. The lowest BCUT2D eigenvalue weighted by molar-refractivity contribution is 0.444. The summed E-state index contributed by atoms with van der Waals surface area (Å²) in [6, 6.07) is 5.09. The lowest BCUT2D eigenvalue weighted by atomic mass is 9.94. The SMILES string of the molecule is CNC(C)(C)c1ccc(N)c(S(C)(=O)=O)c1. The molecule has 0 spiro atoms. The molecule has 4 nitrogen and oxygen atoms in total. The summed E-state index contributed by atoms with van der Waals surface area (Å²) in [5.74, 6) is 0. The first kappa shape index (κ1) is 13.0. The van der Waals surface area contributed by atoms with E-state index in [0.717, 1.165) is 11.8 Å². The van der Waals surface area contributed by atoms with Crippen molar-refractivity contribution < 1.29 is 8.42 Å². The fourth-order valence-corrected chi connectivity index (χ4v) is 2.23. The molecular formula is C11H18N2O2S. The van der Waals surface area contributed by atoms with Crippen LogP contribution < -0.4 is 11.1 Å². The number of sulfone groups is 1. The van der Waals surface area contributed by atoms with E-state index in [1.54, 1.807) is 12.1 Å². The largest absolute Gasteiger partial charge is 0.398 e. The van der Waals surface area contributed by atoms with Crippen LogP contribution in [0.15, 0.2) is 23.1 Å². The fourth-order valence-electron chi connectivity index (χ4n) is 1.39. The Kier molecular flexibility index (Phi) is 3.30. The van der Waals surface area contributed by atoms with Crippen molar-refractivity contribution in [3.05, 3.63) is 23.8 Å². The maximum absolute atomic E-state index is 11.5. The maximum Gasteiger partial charge on any atom is 0.177 e. The van der Waals surface area contributed by atoms with Crippen molar-refractivity contribution >= 4 is 15.5 Å². The van der Waals surface area contributed by atoms with E-state index >= 15 is 0 Å². The molecule has 0 aliphatic rings. The molecule has 0 aliphatic carbocycles. The second-order valence-electron chi connectivity index (χ2n) is 4.40. The van der Waals surface area contributed by atoms with Gasteiger partial charge in [-0.25, -0.2) is 8.42 Å². The molecular weight excluding hydrogens is 224 g/mol. The minimum absolute atomic E-state index is 0.188. The molecule has 0 saturated carbocycles. The minimum atomic E-state index is -3.28. The minimum Gasteiger partial charge on any atom is -0.398 e. The molecule has 1 rings (SSSR count). The number of nitrogen functional groups attached to an aromatic ring is 1. The topological polar surface area (TPSA) is 72.2 Å². The Morgan fingerprint density at radius 2 is 1.88 bits per heavy atom. The Hall–Kier alpha value is -1.07. The molecule has 1 aromatic rings. The van der Waals surface area contributed by atoms with Gasteiger partial charge in [-0.2, -0.15) is 0 Å². The number of nitrogens with one attached hydrogen (secondary N) is 1. The van der Waals surface area contributed by atoms with Crippen molar-refractivity contribution in [2.24, 2.45) is 0 Å². The first-order chi connectivity index (χ1) is 7.18. The van der Waals surface area contributed by atoms with Gasteiger partial charge in [-0.05, 0) is 38.6 Å². The highest BCUT2D eigenvalue weighted by Crippen LogP contribution is 2.26. The van der Waals surface area contributed by atoms with Gasteiger partial charge < -0.3 is 11.1 Å². The average Bonchev–Trinajstić information content (AvgIpc) is 2.16. The second kappa shape index (κ2) is 4.07. The van der Waals surface area contributed by atoms with Crippen LogP contribution in [0.1, 0.15) is 19.4 Å². The average molecular weight is 242 g/mol. The summed E-state index contributed by atoms with van der Waals surface area (Å²) in [5, 5.41) is 3.12. The fraction of sp³-hybridized carbons (Fsp3) is 0.455. The molecule has 0 amide bonds. The van der Waals surface area contributed by atoms with E-state index in [0.29, 0.717) is 0 Å². The van der Waals surface area contributed by atoms with Crippen LogP contribution in [-0.4, -0.2) is 21.7 Å². The van der Waals surface area contributed by atoms with E-state index in [-0.39, 0.29) is 16.1 Å². The molecule has 0 atom stereocenters. The van der Waals surface area contributed by atoms with Crippen molar-refractivity contribution in [3.63, 3.8) is 0 Å². The maximum atomic E-state index is 11.5. The van der Waals surface area contributed by atoms with E-state index in [4.69, 9.17) is 5.73 Å². The van der Waals surface area contributed by atoms with Gasteiger partial charge >= 0.3 is 0 Å². The predicted octanol–water partition coefficient (Wildman–Crippen LogP) is 1.13. The molecule has 3 N–H and O–H groups in total. The van der Waals surface area contributed by atoms with Crippen LogP contribution in [0, 0.1) is 0 Å². The van der Waals surface area contributed by atoms with Crippen molar-refractivity contribution in [1.82, 2.24) is 5.32 Å². The van der Waals surface area contributed by atoms with Crippen molar-refractivity contribution in [2.45, 2.75) is 24.3 Å². The smallest absolute Gasteiger partial charge is 0.177 e. The highest BCUT2D eigenvalue weighted by atomic mass is 32.2. The van der Waals surface area contributed by atoms with Gasteiger partial charge in [0.05, 0.1) is 10.6 Å². The standard InChI is InChI=1S/C11H18N2O2S/c1-11(2,13-3)8-5-6-9(12)10(7-8)16(4,14)15/h5-7,13H,12H2,1-4H3. The molecule has 0 radical (unpaired) electrons. The van der Waals surface area contributed by atoms with E-state index < -0.39 is 9.84 Å². The van der Waals surface area contributed by atoms with Gasteiger partial charge in [0.1, 0.15) is 0 Å². The lowest BCUT2D eigenvalue weighted by Gasteiger charge is -2.25. The van der Waals surface area contributed by atoms with E-state index in [1.807, 2.05) is 27.0 Å². The lowest BCUT2D eigenvalue weighted by Crippen LogP contribution is -2.33. The number of nitrogens with two attached hydrogens (primary N) is 1. The quantitative estimate of drug-likeness (QED) is 0.779. The van der Waals surface area contributed by atoms with Gasteiger partial charge in [0, 0.05) is 11.8 Å². The Labute approximate surface area is 96.8 Å². The summed E-state index contributed by atoms with van der Waals surface area (Å²) >= 11 is 0. The van der Waals surface area contributed by atoms with Gasteiger partial charge in [-0.3, -0.25) is 0 Å². The summed E-state index contributed by atoms with van der Waals surface area (Å²) < 4.78 is 23.0. The summed E-state index contributed by atoms with van der Waals surface area (Å²) in [7, 11) is -1.45. The molecule has 0 saturated heterocycles. The molecule has 0 aliphatic heterocycles. The normalized spacial score (nSPS) is 12.8. The molecule has 0 aromatic heterocycles. The Morgan fingerprint density at radius 1 is 1.31 bits per heavy atom. The highest BCUT2D eigenvalue weighted by molar-refractivity contribution is 7.90. The molecule has 0 unspecified atom stereocenters. The van der Waals surface area contributed by atoms with E-state index in [9.17, 15) is 8.42 Å². The number of hydrogen-bond acceptors (Lipinski definition) is 4. The van der Waals surface area contributed by atoms with Crippen LogP contribution >= 0.6 is 0 Å². The van der Waals surface area contributed by atoms with E-state index in [1.165, 1.54) is 0 Å². The van der Waals surface area contributed by atoms with Gasteiger partial charge in [0.15, 0.2) is 9.84 Å². The summed E-state index contributed by atoms with van der Waals surface area (Å²) in [6.45, 7) is 3.95. The van der Waals surface area contributed by atoms with Gasteiger partial charge in [0.2, 0.25) is 0 Å². The summed E-state index contributed by atoms with van der Waals surface area (Å²) in [5.41, 5.74) is 6.56. The van der Waals surface area contributed by atoms with Crippen LogP contribution in [0.4, 0.5) is 5.69 Å². The third-order valence-electron chi connectivity index (χ3n) is 2.76. The monoisotopic (exact) mass is 242 g/mol. The first-order valence-electron chi connectivity index (χ1n) is 4.97.